The van der Waals surface area contributed by atoms with Gasteiger partial charge in [-0.3, -0.25) is 4.90 Å². The van der Waals surface area contributed by atoms with Crippen LogP contribution in [0.15, 0.2) is 18.2 Å². The average molecular weight is 284 g/mol. The van der Waals surface area contributed by atoms with Crippen LogP contribution in [0.4, 0.5) is 8.78 Å². The highest BCUT2D eigenvalue weighted by atomic mass is 19.1. The molecule has 0 aromatic heterocycles. The van der Waals surface area contributed by atoms with E-state index in [-0.39, 0.29) is 6.04 Å². The standard InChI is InChI=1S/C15H22F2N2O/c1-11(2)18-8-14-10-20-6-5-19(14)9-12-3-4-13(16)7-15(12)17/h3-4,7,11,14,18H,5-6,8-10H2,1-2H3. The van der Waals surface area contributed by atoms with Gasteiger partial charge >= 0.3 is 0 Å². The number of halogens is 2. The minimum absolute atomic E-state index is 0.218. The maximum atomic E-state index is 13.7. The van der Waals surface area contributed by atoms with Crippen LogP contribution in [0.1, 0.15) is 19.4 Å². The van der Waals surface area contributed by atoms with E-state index in [1.165, 1.54) is 12.1 Å². The van der Waals surface area contributed by atoms with Gasteiger partial charge in [0.15, 0.2) is 0 Å². The molecule has 0 radical (unpaired) electrons. The molecule has 1 fully saturated rings. The lowest BCUT2D eigenvalue weighted by atomic mass is 10.1. The van der Waals surface area contributed by atoms with Gasteiger partial charge in [0.05, 0.1) is 13.2 Å². The molecule has 1 aromatic rings. The Morgan fingerprint density at radius 1 is 1.40 bits per heavy atom. The number of morpholine rings is 1. The number of nitrogens with one attached hydrogen (secondary N) is 1. The van der Waals surface area contributed by atoms with Crippen molar-refractivity contribution in [2.75, 3.05) is 26.3 Å². The van der Waals surface area contributed by atoms with Crippen molar-refractivity contribution in [1.82, 2.24) is 10.2 Å². The van der Waals surface area contributed by atoms with Crippen molar-refractivity contribution in [3.8, 4) is 0 Å². The van der Waals surface area contributed by atoms with Gasteiger partial charge in [0.25, 0.3) is 0 Å². The van der Waals surface area contributed by atoms with Crippen LogP contribution in [0.25, 0.3) is 0 Å². The quantitative estimate of drug-likeness (QED) is 0.897. The average Bonchev–Trinajstić information content (AvgIpc) is 2.41. The molecule has 0 saturated carbocycles. The highest BCUT2D eigenvalue weighted by Crippen LogP contribution is 2.16. The zero-order valence-corrected chi connectivity index (χ0v) is 12.0. The number of ether oxygens (including phenoxy) is 1. The molecule has 1 N–H and O–H groups in total. The van der Waals surface area contributed by atoms with Crippen LogP contribution in [0.5, 0.6) is 0 Å². The highest BCUT2D eigenvalue weighted by molar-refractivity contribution is 5.18. The van der Waals surface area contributed by atoms with Crippen LogP contribution in [-0.4, -0.2) is 43.3 Å². The van der Waals surface area contributed by atoms with E-state index in [4.69, 9.17) is 4.74 Å². The number of rotatable bonds is 5. The Kier molecular flexibility index (Phi) is 5.46. The summed E-state index contributed by atoms with van der Waals surface area (Å²) in [5.74, 6) is -1.02. The second-order valence-electron chi connectivity index (χ2n) is 5.50. The van der Waals surface area contributed by atoms with Gasteiger partial charge in [-0.2, -0.15) is 0 Å². The largest absolute Gasteiger partial charge is 0.378 e. The number of hydrogen-bond acceptors (Lipinski definition) is 3. The summed E-state index contributed by atoms with van der Waals surface area (Å²) in [6.45, 7) is 7.53. The second kappa shape index (κ2) is 7.11. The van der Waals surface area contributed by atoms with Crippen LogP contribution in [0.2, 0.25) is 0 Å². The molecule has 1 unspecified atom stereocenters. The summed E-state index contributed by atoms with van der Waals surface area (Å²) in [6.07, 6.45) is 0. The van der Waals surface area contributed by atoms with E-state index >= 15 is 0 Å². The van der Waals surface area contributed by atoms with E-state index in [1.54, 1.807) is 0 Å². The highest BCUT2D eigenvalue weighted by Gasteiger charge is 2.23. The molecule has 1 aromatic carbocycles. The van der Waals surface area contributed by atoms with Crippen molar-refractivity contribution < 1.29 is 13.5 Å². The van der Waals surface area contributed by atoms with Gasteiger partial charge in [0.1, 0.15) is 11.6 Å². The van der Waals surface area contributed by atoms with Crippen LogP contribution < -0.4 is 5.32 Å². The van der Waals surface area contributed by atoms with Gasteiger partial charge in [-0.15, -0.1) is 0 Å². The normalized spacial score (nSPS) is 20.6. The molecule has 1 saturated heterocycles. The fraction of sp³-hybridized carbons (Fsp3) is 0.600. The molecule has 0 spiro atoms. The Bertz CT molecular complexity index is 440. The van der Waals surface area contributed by atoms with Gasteiger partial charge in [-0.25, -0.2) is 8.78 Å². The fourth-order valence-corrected chi connectivity index (χ4v) is 2.33. The van der Waals surface area contributed by atoms with Crippen molar-refractivity contribution in [3.05, 3.63) is 35.4 Å². The summed E-state index contributed by atoms with van der Waals surface area (Å²) in [5.41, 5.74) is 0.530. The predicted octanol–water partition coefficient (Wildman–Crippen LogP) is 2.16. The summed E-state index contributed by atoms with van der Waals surface area (Å²) in [6, 6.07) is 4.39. The van der Waals surface area contributed by atoms with Crippen molar-refractivity contribution in [2.24, 2.45) is 0 Å². The van der Waals surface area contributed by atoms with Crippen LogP contribution in [0, 0.1) is 11.6 Å². The molecule has 2 rings (SSSR count). The van der Waals surface area contributed by atoms with Crippen molar-refractivity contribution in [3.63, 3.8) is 0 Å². The smallest absolute Gasteiger partial charge is 0.130 e. The Morgan fingerprint density at radius 2 is 2.20 bits per heavy atom. The zero-order chi connectivity index (χ0) is 14.5. The third kappa shape index (κ3) is 4.23. The van der Waals surface area contributed by atoms with Gasteiger partial charge < -0.3 is 10.1 Å². The van der Waals surface area contributed by atoms with E-state index in [9.17, 15) is 8.78 Å². The topological polar surface area (TPSA) is 24.5 Å². The van der Waals surface area contributed by atoms with E-state index in [0.29, 0.717) is 31.4 Å². The maximum absolute atomic E-state index is 13.7. The molecule has 1 aliphatic rings. The molecule has 20 heavy (non-hydrogen) atoms. The second-order valence-corrected chi connectivity index (χ2v) is 5.50. The molecular formula is C15H22F2N2O. The first-order chi connectivity index (χ1) is 9.56. The zero-order valence-electron chi connectivity index (χ0n) is 12.0. The van der Waals surface area contributed by atoms with Crippen LogP contribution in [0.3, 0.4) is 0 Å². The number of benzene rings is 1. The monoisotopic (exact) mass is 284 g/mol. The first kappa shape index (κ1) is 15.4. The number of nitrogens with zero attached hydrogens (tertiary/aromatic N) is 1. The molecule has 5 heteroatoms. The molecular weight excluding hydrogens is 262 g/mol. The third-order valence-corrected chi connectivity index (χ3v) is 3.50. The molecule has 3 nitrogen and oxygen atoms in total. The Balaban J connectivity index is 2.00. The SMILES string of the molecule is CC(C)NCC1COCCN1Cc1ccc(F)cc1F. The molecule has 1 heterocycles. The summed E-state index contributed by atoms with van der Waals surface area (Å²) in [4.78, 5) is 2.19. The molecule has 1 aliphatic heterocycles. The van der Waals surface area contributed by atoms with E-state index in [1.807, 2.05) is 0 Å². The van der Waals surface area contributed by atoms with Gasteiger partial charge in [-0.1, -0.05) is 19.9 Å². The van der Waals surface area contributed by atoms with Gasteiger partial charge in [-0.05, 0) is 6.07 Å². The third-order valence-electron chi connectivity index (χ3n) is 3.50. The van der Waals surface area contributed by atoms with Gasteiger partial charge in [0, 0.05) is 43.3 Å². The lowest BCUT2D eigenvalue weighted by Gasteiger charge is -2.36. The Morgan fingerprint density at radius 3 is 2.90 bits per heavy atom. The van der Waals surface area contributed by atoms with Crippen molar-refractivity contribution in [2.45, 2.75) is 32.5 Å². The molecule has 0 bridgehead atoms. The molecule has 0 amide bonds. The first-order valence-corrected chi connectivity index (χ1v) is 7.05. The Hall–Kier alpha value is -1.04. The Labute approximate surface area is 118 Å². The summed E-state index contributed by atoms with van der Waals surface area (Å²) >= 11 is 0. The predicted molar refractivity (Wildman–Crippen MR) is 74.5 cm³/mol. The van der Waals surface area contributed by atoms with Gasteiger partial charge in [0.2, 0.25) is 0 Å². The first-order valence-electron chi connectivity index (χ1n) is 7.05. The maximum Gasteiger partial charge on any atom is 0.130 e. The molecule has 112 valence electrons. The molecule has 1 atom stereocenters. The summed E-state index contributed by atoms with van der Waals surface area (Å²) in [5, 5.41) is 3.38. The number of hydrogen-bond donors (Lipinski definition) is 1. The fourth-order valence-electron chi connectivity index (χ4n) is 2.33. The van der Waals surface area contributed by atoms with E-state index in [2.05, 4.69) is 24.1 Å². The van der Waals surface area contributed by atoms with Crippen LogP contribution in [-0.2, 0) is 11.3 Å². The summed E-state index contributed by atoms with van der Waals surface area (Å²) < 4.78 is 32.2. The summed E-state index contributed by atoms with van der Waals surface area (Å²) in [7, 11) is 0. The van der Waals surface area contributed by atoms with E-state index in [0.717, 1.165) is 19.2 Å². The van der Waals surface area contributed by atoms with Crippen molar-refractivity contribution >= 4 is 0 Å². The lowest BCUT2D eigenvalue weighted by Crippen LogP contribution is -2.50. The van der Waals surface area contributed by atoms with E-state index < -0.39 is 11.6 Å². The lowest BCUT2D eigenvalue weighted by molar-refractivity contribution is -0.0119. The minimum Gasteiger partial charge on any atom is -0.378 e. The molecule has 0 aliphatic carbocycles. The van der Waals surface area contributed by atoms with Crippen molar-refractivity contribution in [1.29, 1.82) is 0 Å². The minimum atomic E-state index is -0.536. The van der Waals surface area contributed by atoms with Crippen LogP contribution >= 0.6 is 0 Å².